The average molecular weight is 207 g/mol. The van der Waals surface area contributed by atoms with Gasteiger partial charge in [-0.15, -0.1) is 0 Å². The topological polar surface area (TPSA) is 42.4 Å². The summed E-state index contributed by atoms with van der Waals surface area (Å²) in [6.07, 6.45) is 6.95. The van der Waals surface area contributed by atoms with E-state index in [0.717, 1.165) is 24.7 Å². The van der Waals surface area contributed by atoms with Crippen LogP contribution in [-0.4, -0.2) is 16.7 Å². The third kappa shape index (κ3) is 2.93. The Morgan fingerprint density at radius 2 is 2.27 bits per heavy atom. The number of pyridine rings is 1. The van der Waals surface area contributed by atoms with E-state index >= 15 is 0 Å². The Morgan fingerprint density at radius 3 is 2.80 bits per heavy atom. The molecule has 0 aliphatic heterocycles. The van der Waals surface area contributed by atoms with Crippen molar-refractivity contribution >= 4 is 0 Å². The standard InChI is InChI=1S/C12H17NO2/c14-9-11-4-5-12(8-13-11)15-7-6-10-2-1-3-10/h4-5,8,10,14H,1-3,6-7,9H2. The number of aromatic nitrogens is 1. The van der Waals surface area contributed by atoms with E-state index in [2.05, 4.69) is 4.98 Å². The molecule has 0 amide bonds. The van der Waals surface area contributed by atoms with E-state index in [0.29, 0.717) is 5.69 Å². The number of aliphatic hydroxyl groups excluding tert-OH is 1. The van der Waals surface area contributed by atoms with Crippen LogP contribution in [0.3, 0.4) is 0 Å². The first-order valence-corrected chi connectivity index (χ1v) is 5.57. The van der Waals surface area contributed by atoms with Crippen LogP contribution in [0.5, 0.6) is 5.75 Å². The van der Waals surface area contributed by atoms with Gasteiger partial charge in [0.25, 0.3) is 0 Å². The summed E-state index contributed by atoms with van der Waals surface area (Å²) in [5.41, 5.74) is 0.682. The first-order chi connectivity index (χ1) is 7.38. The monoisotopic (exact) mass is 207 g/mol. The number of ether oxygens (including phenoxy) is 1. The average Bonchev–Trinajstić information content (AvgIpc) is 2.23. The quantitative estimate of drug-likeness (QED) is 0.804. The fourth-order valence-corrected chi connectivity index (χ4v) is 1.71. The molecule has 0 atom stereocenters. The number of hydrogen-bond acceptors (Lipinski definition) is 3. The third-order valence-corrected chi connectivity index (χ3v) is 2.98. The van der Waals surface area contributed by atoms with Gasteiger partial charge in [-0.1, -0.05) is 19.3 Å². The lowest BCUT2D eigenvalue weighted by Gasteiger charge is -2.24. The van der Waals surface area contributed by atoms with Crippen LogP contribution in [0.15, 0.2) is 18.3 Å². The number of rotatable bonds is 5. The molecule has 0 radical (unpaired) electrons. The Balaban J connectivity index is 1.72. The van der Waals surface area contributed by atoms with Crippen molar-refractivity contribution in [3.8, 4) is 5.75 Å². The Hall–Kier alpha value is -1.09. The summed E-state index contributed by atoms with van der Waals surface area (Å²) in [7, 11) is 0. The SMILES string of the molecule is OCc1ccc(OCCC2CCC2)cn1. The van der Waals surface area contributed by atoms with Crippen LogP contribution in [0, 0.1) is 5.92 Å². The molecule has 1 heterocycles. The predicted molar refractivity (Wildman–Crippen MR) is 57.6 cm³/mol. The maximum atomic E-state index is 8.81. The highest BCUT2D eigenvalue weighted by Crippen LogP contribution is 2.29. The molecule has 3 nitrogen and oxygen atoms in total. The van der Waals surface area contributed by atoms with Crippen molar-refractivity contribution in [3.63, 3.8) is 0 Å². The highest BCUT2D eigenvalue weighted by molar-refractivity contribution is 5.19. The van der Waals surface area contributed by atoms with Gasteiger partial charge < -0.3 is 9.84 Å². The van der Waals surface area contributed by atoms with Crippen LogP contribution in [0.4, 0.5) is 0 Å². The Bertz CT molecular complexity index is 293. The largest absolute Gasteiger partial charge is 0.492 e. The first kappa shape index (κ1) is 10.4. The van der Waals surface area contributed by atoms with Crippen LogP contribution in [-0.2, 0) is 6.61 Å². The normalized spacial score (nSPS) is 16.1. The molecule has 0 spiro atoms. The van der Waals surface area contributed by atoms with E-state index in [1.165, 1.54) is 19.3 Å². The van der Waals surface area contributed by atoms with Gasteiger partial charge >= 0.3 is 0 Å². The molecule has 1 N–H and O–H groups in total. The molecule has 0 unspecified atom stereocenters. The Labute approximate surface area is 90.1 Å². The van der Waals surface area contributed by atoms with Crippen molar-refractivity contribution in [2.24, 2.45) is 5.92 Å². The molecule has 1 aromatic heterocycles. The van der Waals surface area contributed by atoms with Crippen LogP contribution in [0.1, 0.15) is 31.4 Å². The van der Waals surface area contributed by atoms with Crippen molar-refractivity contribution in [3.05, 3.63) is 24.0 Å². The molecule has 0 aromatic carbocycles. The molecular weight excluding hydrogens is 190 g/mol. The fraction of sp³-hybridized carbons (Fsp3) is 0.583. The molecule has 2 rings (SSSR count). The summed E-state index contributed by atoms with van der Waals surface area (Å²) in [4.78, 5) is 4.05. The minimum absolute atomic E-state index is 0.0116. The van der Waals surface area contributed by atoms with Crippen molar-refractivity contribution < 1.29 is 9.84 Å². The lowest BCUT2D eigenvalue weighted by atomic mass is 9.83. The van der Waals surface area contributed by atoms with Crippen LogP contribution < -0.4 is 4.74 Å². The minimum atomic E-state index is -0.0116. The molecule has 82 valence electrons. The molecule has 0 saturated heterocycles. The maximum absolute atomic E-state index is 8.81. The van der Waals surface area contributed by atoms with Gasteiger partial charge in [-0.2, -0.15) is 0 Å². The van der Waals surface area contributed by atoms with E-state index in [4.69, 9.17) is 9.84 Å². The summed E-state index contributed by atoms with van der Waals surface area (Å²) in [6.45, 7) is 0.771. The van der Waals surface area contributed by atoms with Gasteiger partial charge in [-0.3, -0.25) is 4.98 Å². The van der Waals surface area contributed by atoms with Gasteiger partial charge in [0.15, 0.2) is 0 Å². The summed E-state index contributed by atoms with van der Waals surface area (Å²) in [5.74, 6) is 1.68. The Kier molecular flexibility index (Phi) is 3.56. The molecular formula is C12H17NO2. The predicted octanol–water partition coefficient (Wildman–Crippen LogP) is 2.14. The zero-order chi connectivity index (χ0) is 10.5. The Morgan fingerprint density at radius 1 is 1.40 bits per heavy atom. The van der Waals surface area contributed by atoms with Crippen molar-refractivity contribution in [1.82, 2.24) is 4.98 Å². The summed E-state index contributed by atoms with van der Waals surface area (Å²) in [6, 6.07) is 3.65. The van der Waals surface area contributed by atoms with E-state index in [-0.39, 0.29) is 6.61 Å². The van der Waals surface area contributed by atoms with Gasteiger partial charge in [0.1, 0.15) is 5.75 Å². The number of hydrogen-bond donors (Lipinski definition) is 1. The lowest BCUT2D eigenvalue weighted by molar-refractivity contribution is 0.221. The maximum Gasteiger partial charge on any atom is 0.137 e. The molecule has 3 heteroatoms. The molecule has 1 aliphatic carbocycles. The van der Waals surface area contributed by atoms with Crippen LogP contribution >= 0.6 is 0 Å². The first-order valence-electron chi connectivity index (χ1n) is 5.57. The number of nitrogens with zero attached hydrogens (tertiary/aromatic N) is 1. The number of aliphatic hydroxyl groups is 1. The van der Waals surface area contributed by atoms with E-state index in [9.17, 15) is 0 Å². The summed E-state index contributed by atoms with van der Waals surface area (Å²) >= 11 is 0. The second kappa shape index (κ2) is 5.12. The van der Waals surface area contributed by atoms with Gasteiger partial charge in [-0.25, -0.2) is 0 Å². The van der Waals surface area contributed by atoms with Crippen LogP contribution in [0.25, 0.3) is 0 Å². The van der Waals surface area contributed by atoms with Gasteiger partial charge in [0.05, 0.1) is 25.1 Å². The second-order valence-corrected chi connectivity index (χ2v) is 4.08. The fourth-order valence-electron chi connectivity index (χ4n) is 1.71. The molecule has 1 fully saturated rings. The van der Waals surface area contributed by atoms with Gasteiger partial charge in [-0.05, 0) is 24.5 Å². The minimum Gasteiger partial charge on any atom is -0.492 e. The third-order valence-electron chi connectivity index (χ3n) is 2.98. The summed E-state index contributed by atoms with van der Waals surface area (Å²) < 4.78 is 5.57. The molecule has 1 aliphatic rings. The highest BCUT2D eigenvalue weighted by atomic mass is 16.5. The second-order valence-electron chi connectivity index (χ2n) is 4.08. The molecule has 0 bridgehead atoms. The van der Waals surface area contributed by atoms with E-state index < -0.39 is 0 Å². The zero-order valence-corrected chi connectivity index (χ0v) is 8.85. The van der Waals surface area contributed by atoms with E-state index in [1.54, 1.807) is 12.3 Å². The van der Waals surface area contributed by atoms with Crippen LogP contribution in [0.2, 0.25) is 0 Å². The summed E-state index contributed by atoms with van der Waals surface area (Å²) in [5, 5.41) is 8.81. The van der Waals surface area contributed by atoms with Crippen molar-refractivity contribution in [1.29, 1.82) is 0 Å². The van der Waals surface area contributed by atoms with Gasteiger partial charge in [0.2, 0.25) is 0 Å². The molecule has 1 aromatic rings. The molecule has 1 saturated carbocycles. The van der Waals surface area contributed by atoms with Gasteiger partial charge in [0, 0.05) is 0 Å². The van der Waals surface area contributed by atoms with E-state index in [1.807, 2.05) is 6.07 Å². The smallest absolute Gasteiger partial charge is 0.137 e. The van der Waals surface area contributed by atoms with Crippen molar-refractivity contribution in [2.75, 3.05) is 6.61 Å². The van der Waals surface area contributed by atoms with Crippen molar-refractivity contribution in [2.45, 2.75) is 32.3 Å². The highest BCUT2D eigenvalue weighted by Gasteiger charge is 2.16. The zero-order valence-electron chi connectivity index (χ0n) is 8.85. The lowest BCUT2D eigenvalue weighted by Crippen LogP contribution is -2.14. The molecule has 15 heavy (non-hydrogen) atoms.